The van der Waals surface area contributed by atoms with E-state index in [4.69, 9.17) is 21.3 Å². The molecule has 7 heteroatoms. The summed E-state index contributed by atoms with van der Waals surface area (Å²) in [5.74, 6) is 1.79. The molecule has 35 heavy (non-hydrogen) atoms. The summed E-state index contributed by atoms with van der Waals surface area (Å²) in [5, 5.41) is 4.13. The third kappa shape index (κ3) is 3.97. The number of nitrogens with zero attached hydrogens (tertiary/aromatic N) is 3. The number of carbonyl (C=O) groups is 1. The van der Waals surface area contributed by atoms with E-state index >= 15 is 0 Å². The molecule has 0 spiro atoms. The van der Waals surface area contributed by atoms with Gasteiger partial charge in [-0.3, -0.25) is 4.79 Å². The number of halogens is 1. The molecule has 6 rings (SSSR count). The molecule has 2 aromatic carbocycles. The fourth-order valence-corrected chi connectivity index (χ4v) is 5.69. The number of likely N-dealkylation sites (tertiary alicyclic amines) is 1. The Morgan fingerprint density at radius 2 is 1.83 bits per heavy atom. The van der Waals surface area contributed by atoms with Gasteiger partial charge in [0, 0.05) is 54.9 Å². The monoisotopic (exact) mass is 486 g/mol. The first-order valence-electron chi connectivity index (χ1n) is 12.0. The van der Waals surface area contributed by atoms with Gasteiger partial charge in [0.1, 0.15) is 11.4 Å². The van der Waals surface area contributed by atoms with E-state index in [1.165, 1.54) is 0 Å². The lowest BCUT2D eigenvalue weighted by Crippen LogP contribution is -2.32. The summed E-state index contributed by atoms with van der Waals surface area (Å²) in [6, 6.07) is 19.6. The minimum Gasteiger partial charge on any atom is -0.496 e. The Balaban J connectivity index is 1.39. The number of para-hydroxylation sites is 1. The van der Waals surface area contributed by atoms with Gasteiger partial charge in [0.2, 0.25) is 0 Å². The molecule has 2 unspecified atom stereocenters. The van der Waals surface area contributed by atoms with Crippen molar-refractivity contribution >= 4 is 23.2 Å². The van der Waals surface area contributed by atoms with Crippen molar-refractivity contribution in [1.82, 2.24) is 19.6 Å². The van der Waals surface area contributed by atoms with Crippen LogP contribution in [0.15, 0.2) is 66.9 Å². The van der Waals surface area contributed by atoms with E-state index in [9.17, 15) is 4.79 Å². The van der Waals surface area contributed by atoms with Crippen molar-refractivity contribution in [2.75, 3.05) is 33.3 Å². The molecule has 1 amide bonds. The molecule has 4 aromatic rings. The predicted molar refractivity (Wildman–Crippen MR) is 137 cm³/mol. The summed E-state index contributed by atoms with van der Waals surface area (Å²) >= 11 is 6.14. The average Bonchev–Trinajstić information content (AvgIpc) is 3.58. The molecule has 2 aliphatic heterocycles. The molecule has 0 radical (unpaired) electrons. The predicted octanol–water partition coefficient (Wildman–Crippen LogP) is 4.55. The topological polar surface area (TPSA) is 58.9 Å². The Morgan fingerprint density at radius 3 is 2.57 bits per heavy atom. The number of amides is 1. The summed E-state index contributed by atoms with van der Waals surface area (Å²) < 4.78 is 7.97. The summed E-state index contributed by atoms with van der Waals surface area (Å²) in [6.07, 6.45) is 2.60. The summed E-state index contributed by atoms with van der Waals surface area (Å²) in [5.41, 5.74) is 5.38. The number of hydrogen-bond donors (Lipinski definition) is 1. The van der Waals surface area contributed by atoms with E-state index in [0.717, 1.165) is 54.3 Å². The van der Waals surface area contributed by atoms with Gasteiger partial charge in [-0.15, -0.1) is 0 Å². The highest BCUT2D eigenvalue weighted by molar-refractivity contribution is 6.30. The van der Waals surface area contributed by atoms with Crippen LogP contribution in [0, 0.1) is 11.8 Å². The number of pyridine rings is 1. The van der Waals surface area contributed by atoms with Gasteiger partial charge in [0.15, 0.2) is 0 Å². The molecule has 0 saturated carbocycles. The van der Waals surface area contributed by atoms with E-state index in [1.807, 2.05) is 71.8 Å². The molecule has 178 valence electrons. The van der Waals surface area contributed by atoms with E-state index in [2.05, 4.69) is 9.72 Å². The Bertz CT molecular complexity index is 1390. The number of ether oxygens (including phenoxy) is 1. The molecular weight excluding hydrogens is 460 g/mol. The molecule has 1 N–H and O–H groups in total. The number of rotatable bonds is 5. The number of fused-ring (bicyclic) bond motifs is 2. The third-order valence-electron chi connectivity index (χ3n) is 7.31. The third-order valence-corrected chi connectivity index (χ3v) is 7.56. The molecule has 2 fully saturated rings. The Kier molecular flexibility index (Phi) is 5.71. The number of benzene rings is 2. The van der Waals surface area contributed by atoms with E-state index in [-0.39, 0.29) is 5.91 Å². The van der Waals surface area contributed by atoms with Crippen molar-refractivity contribution in [2.24, 2.45) is 11.8 Å². The van der Waals surface area contributed by atoms with Gasteiger partial charge >= 0.3 is 0 Å². The van der Waals surface area contributed by atoms with Crippen molar-refractivity contribution in [3.05, 3.63) is 88.7 Å². The molecule has 0 aliphatic carbocycles. The van der Waals surface area contributed by atoms with Crippen molar-refractivity contribution in [2.45, 2.75) is 6.42 Å². The van der Waals surface area contributed by atoms with Gasteiger partial charge < -0.3 is 19.4 Å². The lowest BCUT2D eigenvalue weighted by atomic mass is 10.0. The number of hydrogen-bond acceptors (Lipinski definition) is 4. The minimum atomic E-state index is 0.0502. The Labute approximate surface area is 209 Å². The van der Waals surface area contributed by atoms with Crippen LogP contribution in [0.1, 0.15) is 21.6 Å². The molecule has 2 saturated heterocycles. The maximum Gasteiger partial charge on any atom is 0.257 e. The normalized spacial score (nSPS) is 19.3. The quantitative estimate of drug-likeness (QED) is 0.450. The number of imidazole rings is 1. The summed E-state index contributed by atoms with van der Waals surface area (Å²) in [6.45, 7) is 3.59. The number of carbonyl (C=O) groups excluding carboxylic acids is 1. The highest BCUT2D eigenvalue weighted by Gasteiger charge is 2.39. The highest BCUT2D eigenvalue weighted by atomic mass is 35.5. The number of nitrogens with one attached hydrogen (secondary N) is 1. The smallest absolute Gasteiger partial charge is 0.257 e. The van der Waals surface area contributed by atoms with Gasteiger partial charge in [-0.1, -0.05) is 41.9 Å². The molecule has 4 heterocycles. The van der Waals surface area contributed by atoms with Crippen molar-refractivity contribution in [1.29, 1.82) is 0 Å². The zero-order chi connectivity index (χ0) is 23.9. The fourth-order valence-electron chi connectivity index (χ4n) is 5.56. The van der Waals surface area contributed by atoms with Crippen LogP contribution in [-0.2, 0) is 6.42 Å². The first-order chi connectivity index (χ1) is 17.1. The molecule has 2 atom stereocenters. The zero-order valence-electron chi connectivity index (χ0n) is 19.6. The van der Waals surface area contributed by atoms with Crippen LogP contribution in [0.4, 0.5) is 0 Å². The summed E-state index contributed by atoms with van der Waals surface area (Å²) in [4.78, 5) is 20.4. The van der Waals surface area contributed by atoms with Crippen molar-refractivity contribution in [3.8, 4) is 17.0 Å². The van der Waals surface area contributed by atoms with E-state index in [0.29, 0.717) is 34.6 Å². The van der Waals surface area contributed by atoms with Crippen LogP contribution in [0.5, 0.6) is 5.75 Å². The van der Waals surface area contributed by atoms with Crippen LogP contribution in [0.2, 0.25) is 5.02 Å². The maximum absolute atomic E-state index is 13.5. The van der Waals surface area contributed by atoms with E-state index in [1.54, 1.807) is 7.11 Å². The number of methoxy groups -OCH3 is 1. The largest absolute Gasteiger partial charge is 0.496 e. The maximum atomic E-state index is 13.5. The van der Waals surface area contributed by atoms with Crippen molar-refractivity contribution in [3.63, 3.8) is 0 Å². The standard InChI is InChI=1S/C28H27ClN4O2/c1-35-27-19(5-4-6-23(27)28(34)32-16-20-14-30-15-21(20)17-32)13-24-26(18-8-10-22(29)11-9-18)31-25-7-2-3-12-33(24)25/h2-12,20-21,30H,13-17H2,1H3. The van der Waals surface area contributed by atoms with Crippen LogP contribution >= 0.6 is 11.6 Å². The zero-order valence-corrected chi connectivity index (χ0v) is 20.3. The fraction of sp³-hybridized carbons (Fsp3) is 0.286. The average molecular weight is 487 g/mol. The Morgan fingerprint density at radius 1 is 1.06 bits per heavy atom. The lowest BCUT2D eigenvalue weighted by Gasteiger charge is -2.20. The van der Waals surface area contributed by atoms with Gasteiger partial charge in [0.25, 0.3) is 5.91 Å². The van der Waals surface area contributed by atoms with Crippen molar-refractivity contribution < 1.29 is 9.53 Å². The van der Waals surface area contributed by atoms with Crippen LogP contribution in [-0.4, -0.2) is 53.5 Å². The second-order valence-electron chi connectivity index (χ2n) is 9.41. The highest BCUT2D eigenvalue weighted by Crippen LogP contribution is 2.34. The molecule has 2 aromatic heterocycles. The molecule has 0 bridgehead atoms. The van der Waals surface area contributed by atoms with Crippen LogP contribution in [0.3, 0.4) is 0 Å². The van der Waals surface area contributed by atoms with Crippen LogP contribution < -0.4 is 10.1 Å². The van der Waals surface area contributed by atoms with Gasteiger partial charge in [-0.25, -0.2) is 4.98 Å². The second kappa shape index (κ2) is 9.02. The lowest BCUT2D eigenvalue weighted by molar-refractivity contribution is 0.0778. The van der Waals surface area contributed by atoms with E-state index < -0.39 is 0 Å². The van der Waals surface area contributed by atoms with Gasteiger partial charge in [0.05, 0.1) is 24.1 Å². The first kappa shape index (κ1) is 22.1. The molecule has 2 aliphatic rings. The second-order valence-corrected chi connectivity index (χ2v) is 9.84. The van der Waals surface area contributed by atoms with Gasteiger partial charge in [-0.2, -0.15) is 0 Å². The SMILES string of the molecule is COc1c(Cc2c(-c3ccc(Cl)cc3)nc3ccccn23)cccc1C(=O)N1CC2CNCC2C1. The van der Waals surface area contributed by atoms with Gasteiger partial charge in [-0.05, 0) is 42.2 Å². The summed E-state index contributed by atoms with van der Waals surface area (Å²) in [7, 11) is 1.65. The minimum absolute atomic E-state index is 0.0502. The molecule has 6 nitrogen and oxygen atoms in total. The Hall–Kier alpha value is -3.35. The van der Waals surface area contributed by atoms with Crippen LogP contribution in [0.25, 0.3) is 16.9 Å². The first-order valence-corrected chi connectivity index (χ1v) is 12.4. The number of aromatic nitrogens is 2. The molecular formula is C28H27ClN4O2.